The molecule has 0 amide bonds. The van der Waals surface area contributed by atoms with Gasteiger partial charge in [-0.3, -0.25) is 4.79 Å². The molecule has 40 heavy (non-hydrogen) atoms. The summed E-state index contributed by atoms with van der Waals surface area (Å²) in [4.78, 5) is 13.9. The molecule has 7 nitrogen and oxygen atoms in total. The molecular formula is C33H50O7. The second-order valence-electron chi connectivity index (χ2n) is 12.7. The quantitative estimate of drug-likeness (QED) is 0.346. The van der Waals surface area contributed by atoms with E-state index >= 15 is 0 Å². The van der Waals surface area contributed by atoms with E-state index in [9.17, 15) is 15.0 Å². The van der Waals surface area contributed by atoms with Gasteiger partial charge in [0.25, 0.3) is 0 Å². The van der Waals surface area contributed by atoms with Gasteiger partial charge < -0.3 is 29.2 Å². The van der Waals surface area contributed by atoms with Gasteiger partial charge in [0.2, 0.25) is 0 Å². The van der Waals surface area contributed by atoms with Gasteiger partial charge in [-0.05, 0) is 62.5 Å². The van der Waals surface area contributed by atoms with Gasteiger partial charge in [0.15, 0.2) is 5.79 Å². The summed E-state index contributed by atoms with van der Waals surface area (Å²) in [5.41, 5.74) is 0.868. The fraction of sp³-hybridized carbons (Fsp3) is 0.727. The van der Waals surface area contributed by atoms with E-state index in [1.165, 1.54) is 5.57 Å². The molecule has 7 heteroatoms. The van der Waals surface area contributed by atoms with Crippen LogP contribution in [0.1, 0.15) is 86.0 Å². The zero-order chi connectivity index (χ0) is 29.1. The van der Waals surface area contributed by atoms with Crippen LogP contribution in [0.4, 0.5) is 0 Å². The van der Waals surface area contributed by atoms with E-state index in [2.05, 4.69) is 39.8 Å². The molecule has 3 heterocycles. The van der Waals surface area contributed by atoms with Crippen molar-refractivity contribution >= 4 is 5.97 Å². The Hall–Kier alpha value is -1.77. The highest BCUT2D eigenvalue weighted by atomic mass is 16.7. The van der Waals surface area contributed by atoms with Crippen LogP contribution in [-0.2, 0) is 23.7 Å². The lowest BCUT2D eigenvalue weighted by atomic mass is 9.71. The van der Waals surface area contributed by atoms with Crippen molar-refractivity contribution < 1.29 is 34.0 Å². The third-order valence-corrected chi connectivity index (χ3v) is 9.44. The first-order chi connectivity index (χ1) is 19.0. The molecule has 1 spiro atoms. The average molecular weight is 559 g/mol. The van der Waals surface area contributed by atoms with Gasteiger partial charge >= 0.3 is 5.97 Å². The van der Waals surface area contributed by atoms with Crippen LogP contribution < -0.4 is 0 Å². The number of hydrogen-bond donors (Lipinski definition) is 2. The van der Waals surface area contributed by atoms with Gasteiger partial charge in [0.1, 0.15) is 17.6 Å². The molecule has 0 saturated carbocycles. The Morgan fingerprint density at radius 3 is 2.62 bits per heavy atom. The number of ether oxygens (including phenoxy) is 4. The number of hydrogen-bond acceptors (Lipinski definition) is 7. The molecule has 0 aromatic carbocycles. The van der Waals surface area contributed by atoms with E-state index in [0.717, 1.165) is 37.7 Å². The molecule has 1 aliphatic carbocycles. The summed E-state index contributed by atoms with van der Waals surface area (Å²) in [6.45, 7) is 10.2. The Bertz CT molecular complexity index is 1030. The van der Waals surface area contributed by atoms with Gasteiger partial charge in [-0.2, -0.15) is 0 Å². The minimum absolute atomic E-state index is 0.101. The molecule has 9 atom stereocenters. The van der Waals surface area contributed by atoms with Crippen molar-refractivity contribution in [1.82, 2.24) is 0 Å². The molecule has 2 fully saturated rings. The molecule has 0 aromatic rings. The first-order valence-electron chi connectivity index (χ1n) is 15.2. The monoisotopic (exact) mass is 558 g/mol. The third kappa shape index (κ3) is 6.81. The second-order valence-corrected chi connectivity index (χ2v) is 12.7. The smallest absolute Gasteiger partial charge is 0.316 e. The van der Waals surface area contributed by atoms with Crippen molar-refractivity contribution in [2.75, 3.05) is 13.7 Å². The Morgan fingerprint density at radius 1 is 1.15 bits per heavy atom. The highest BCUT2D eigenvalue weighted by Crippen LogP contribution is 2.45. The zero-order valence-corrected chi connectivity index (χ0v) is 25.2. The summed E-state index contributed by atoms with van der Waals surface area (Å²) < 4.78 is 25.2. The zero-order valence-electron chi connectivity index (χ0n) is 25.2. The highest BCUT2D eigenvalue weighted by Gasteiger charge is 2.51. The number of esters is 1. The fourth-order valence-corrected chi connectivity index (χ4v) is 7.03. The summed E-state index contributed by atoms with van der Waals surface area (Å²) in [5, 5.41) is 22.4. The molecule has 2 bridgehead atoms. The van der Waals surface area contributed by atoms with Crippen LogP contribution >= 0.6 is 0 Å². The standard InChI is InChI=1S/C33H50O7/c1-7-29-23(4)13-14-32(40-29)18-27-17-26(39-32)12-11-22(3)15-21(2)9-8-10-25(20-34)33(36)19-30(37-6)24(5)16-28(33)31(35)38-27/h8-11,16,21,23,26-30,34,36H,7,12-15,17-20H2,1-6H3/b9-8-,22-11+,25-10+. The molecule has 9 unspecified atom stereocenters. The predicted molar refractivity (Wildman–Crippen MR) is 154 cm³/mol. The fourth-order valence-electron chi connectivity index (χ4n) is 7.03. The van der Waals surface area contributed by atoms with Gasteiger partial charge in [0.05, 0.1) is 24.9 Å². The largest absolute Gasteiger partial charge is 0.462 e. The van der Waals surface area contributed by atoms with Crippen molar-refractivity contribution in [2.45, 2.75) is 122 Å². The lowest BCUT2D eigenvalue weighted by Crippen LogP contribution is -2.55. The Morgan fingerprint density at radius 2 is 1.93 bits per heavy atom. The lowest BCUT2D eigenvalue weighted by Gasteiger charge is -2.50. The molecule has 3 aliphatic heterocycles. The van der Waals surface area contributed by atoms with Crippen molar-refractivity contribution in [1.29, 1.82) is 0 Å². The van der Waals surface area contributed by atoms with Crippen molar-refractivity contribution in [3.05, 3.63) is 47.1 Å². The van der Waals surface area contributed by atoms with Crippen LogP contribution in [0.3, 0.4) is 0 Å². The van der Waals surface area contributed by atoms with Crippen LogP contribution in [0.25, 0.3) is 0 Å². The van der Waals surface area contributed by atoms with Crippen LogP contribution in [0.2, 0.25) is 0 Å². The number of carbonyl (C=O) groups is 1. The van der Waals surface area contributed by atoms with E-state index in [1.807, 2.05) is 13.0 Å². The number of carbonyl (C=O) groups excluding carboxylic acids is 1. The molecule has 2 N–H and O–H groups in total. The first-order valence-corrected chi connectivity index (χ1v) is 15.2. The highest BCUT2D eigenvalue weighted by molar-refractivity contribution is 5.78. The number of aliphatic hydroxyl groups excluding tert-OH is 1. The van der Waals surface area contributed by atoms with E-state index in [1.54, 1.807) is 19.3 Å². The maximum atomic E-state index is 13.9. The van der Waals surface area contributed by atoms with Gasteiger partial charge in [0, 0.05) is 32.8 Å². The van der Waals surface area contributed by atoms with Crippen LogP contribution in [0.5, 0.6) is 0 Å². The number of fused-ring (bicyclic) bond motifs is 3. The molecule has 224 valence electrons. The third-order valence-electron chi connectivity index (χ3n) is 9.44. The van der Waals surface area contributed by atoms with E-state index in [-0.39, 0.29) is 37.3 Å². The molecule has 4 rings (SSSR count). The minimum atomic E-state index is -1.64. The van der Waals surface area contributed by atoms with Gasteiger partial charge in [-0.1, -0.05) is 56.7 Å². The van der Waals surface area contributed by atoms with Crippen molar-refractivity contribution in [3.8, 4) is 0 Å². The molecule has 0 radical (unpaired) electrons. The number of methoxy groups -OCH3 is 1. The van der Waals surface area contributed by atoms with Crippen LogP contribution in [0.15, 0.2) is 47.1 Å². The summed E-state index contributed by atoms with van der Waals surface area (Å²) in [7, 11) is 1.59. The second kappa shape index (κ2) is 13.0. The van der Waals surface area contributed by atoms with E-state index < -0.39 is 29.4 Å². The van der Waals surface area contributed by atoms with Crippen LogP contribution in [-0.4, -0.2) is 65.7 Å². The molecule has 4 aliphatic rings. The Labute approximate surface area is 240 Å². The summed E-state index contributed by atoms with van der Waals surface area (Å²) >= 11 is 0. The number of allylic oxidation sites excluding steroid dienone is 4. The van der Waals surface area contributed by atoms with Gasteiger partial charge in [-0.15, -0.1) is 0 Å². The maximum Gasteiger partial charge on any atom is 0.316 e. The van der Waals surface area contributed by atoms with Crippen molar-refractivity contribution in [2.24, 2.45) is 17.8 Å². The minimum Gasteiger partial charge on any atom is -0.462 e. The topological polar surface area (TPSA) is 94.5 Å². The van der Waals surface area contributed by atoms with Crippen molar-refractivity contribution in [3.63, 3.8) is 0 Å². The lowest BCUT2D eigenvalue weighted by molar-refractivity contribution is -0.335. The van der Waals surface area contributed by atoms with Crippen LogP contribution in [0, 0.1) is 17.8 Å². The Balaban J connectivity index is 1.73. The molecule has 2 saturated heterocycles. The normalized spacial score (nSPS) is 44.9. The van der Waals surface area contributed by atoms with E-state index in [4.69, 9.17) is 18.9 Å². The molecule has 0 aromatic heterocycles. The summed E-state index contributed by atoms with van der Waals surface area (Å²) in [5.74, 6) is -1.53. The predicted octanol–water partition coefficient (Wildman–Crippen LogP) is 5.56. The number of aliphatic hydroxyl groups is 2. The first kappa shape index (κ1) is 31.2. The SMILES string of the molecule is CCC1OC2(CCC1C)CC1CC(C/C=C(\C)CC(C)/C=C\C=C(/CO)C3(O)CC(OC)C(C)=CC3C(=O)O1)O2. The average Bonchev–Trinajstić information content (AvgIpc) is 2.91. The van der Waals surface area contributed by atoms with Gasteiger partial charge in [-0.25, -0.2) is 0 Å². The maximum absolute atomic E-state index is 13.9. The van der Waals surface area contributed by atoms with E-state index in [0.29, 0.717) is 24.3 Å². The Kier molecular flexibility index (Phi) is 10.2. The molecular weight excluding hydrogens is 508 g/mol. The summed E-state index contributed by atoms with van der Waals surface area (Å²) in [6.07, 6.45) is 14.3. The summed E-state index contributed by atoms with van der Waals surface area (Å²) in [6, 6.07) is 0. The number of rotatable bonds is 3.